The number of nitrogens with two attached hydrogens (primary N) is 1. The van der Waals surface area contributed by atoms with Crippen LogP contribution in [0, 0.1) is 6.92 Å². The van der Waals surface area contributed by atoms with Crippen LogP contribution in [-0.4, -0.2) is 45.5 Å². The lowest BCUT2D eigenvalue weighted by Crippen LogP contribution is -2.43. The molecule has 0 radical (unpaired) electrons. The molecule has 138 valence electrons. The first kappa shape index (κ1) is 18.1. The zero-order valence-corrected chi connectivity index (χ0v) is 14.0. The highest BCUT2D eigenvalue weighted by molar-refractivity contribution is 5.89. The number of carbonyl (C=O) groups is 1. The number of aromatic amines is 1. The van der Waals surface area contributed by atoms with Gasteiger partial charge in [-0.15, -0.1) is 0 Å². The maximum atomic E-state index is 12.1. The van der Waals surface area contributed by atoms with Crippen LogP contribution < -0.4 is 17.0 Å². The van der Waals surface area contributed by atoms with E-state index in [4.69, 9.17) is 15.2 Å². The Hall–Kier alpha value is -2.75. The van der Waals surface area contributed by atoms with E-state index in [1.165, 1.54) is 6.20 Å². The minimum atomic E-state index is -1.21. The van der Waals surface area contributed by atoms with Crippen LogP contribution in [0.3, 0.4) is 0 Å². The Kier molecular flexibility index (Phi) is 5.03. The Morgan fingerprint density at radius 2 is 2.00 bits per heavy atom. The van der Waals surface area contributed by atoms with E-state index in [-0.39, 0.29) is 6.61 Å². The fourth-order valence-electron chi connectivity index (χ4n) is 2.70. The summed E-state index contributed by atoms with van der Waals surface area (Å²) in [6.45, 7) is 1.72. The summed E-state index contributed by atoms with van der Waals surface area (Å²) in [6, 6.07) is 7.13. The molecular formula is C17H19N3O6. The summed E-state index contributed by atoms with van der Waals surface area (Å²) in [5, 5.41) is 10.2. The number of nitrogens with zero attached hydrogens (tertiary/aromatic N) is 1. The highest BCUT2D eigenvalue weighted by Gasteiger charge is 2.43. The number of aromatic nitrogens is 2. The lowest BCUT2D eigenvalue weighted by Gasteiger charge is -2.16. The van der Waals surface area contributed by atoms with Gasteiger partial charge < -0.3 is 20.3 Å². The number of carbonyl (C=O) groups excluding carboxylic acids is 1. The predicted octanol–water partition coefficient (Wildman–Crippen LogP) is -0.712. The summed E-state index contributed by atoms with van der Waals surface area (Å²) < 4.78 is 11.8. The second-order valence-electron chi connectivity index (χ2n) is 6.11. The Morgan fingerprint density at radius 3 is 2.65 bits per heavy atom. The smallest absolute Gasteiger partial charge is 0.338 e. The molecule has 1 aromatic carbocycles. The van der Waals surface area contributed by atoms with Gasteiger partial charge in [-0.2, -0.15) is 0 Å². The summed E-state index contributed by atoms with van der Waals surface area (Å²) >= 11 is 0. The predicted molar refractivity (Wildman–Crippen MR) is 90.7 cm³/mol. The molecule has 0 spiro atoms. The third-order valence-corrected chi connectivity index (χ3v) is 4.22. The van der Waals surface area contributed by atoms with Crippen molar-refractivity contribution in [1.29, 1.82) is 0 Å². The van der Waals surface area contributed by atoms with E-state index in [2.05, 4.69) is 4.98 Å². The van der Waals surface area contributed by atoms with Crippen LogP contribution in [-0.2, 0) is 9.47 Å². The van der Waals surface area contributed by atoms with E-state index in [0.29, 0.717) is 5.56 Å². The van der Waals surface area contributed by atoms with E-state index < -0.39 is 41.7 Å². The number of esters is 1. The molecule has 0 aliphatic carbocycles. The molecule has 1 aromatic heterocycles. The van der Waals surface area contributed by atoms with Crippen LogP contribution >= 0.6 is 0 Å². The Morgan fingerprint density at radius 1 is 1.31 bits per heavy atom. The van der Waals surface area contributed by atoms with Gasteiger partial charge >= 0.3 is 11.7 Å². The first-order chi connectivity index (χ1) is 12.4. The lowest BCUT2D eigenvalue weighted by atomic mass is 10.1. The van der Waals surface area contributed by atoms with Crippen molar-refractivity contribution in [2.75, 3.05) is 6.61 Å². The second-order valence-corrected chi connectivity index (χ2v) is 6.11. The van der Waals surface area contributed by atoms with Gasteiger partial charge in [-0.3, -0.25) is 14.3 Å². The van der Waals surface area contributed by atoms with Gasteiger partial charge in [-0.25, -0.2) is 9.59 Å². The number of aliphatic hydroxyl groups excluding tert-OH is 1. The van der Waals surface area contributed by atoms with Crippen LogP contribution in [0.4, 0.5) is 0 Å². The van der Waals surface area contributed by atoms with E-state index in [1.54, 1.807) is 24.3 Å². The topological polar surface area (TPSA) is 137 Å². The standard InChI is InChI=1S/C17H19N3O6/c1-9-2-4-10(5-3-9)16(23)25-8-11-13(18)14(22)15(26-11)20-7-6-12(21)19-17(20)24/h2-7,11,13-15,22H,8,18H2,1H3,(H,19,21,24)/t11-,13-,14+,15-/m1/s1. The van der Waals surface area contributed by atoms with Crippen molar-refractivity contribution in [3.05, 3.63) is 68.5 Å². The van der Waals surface area contributed by atoms with Gasteiger partial charge in [0, 0.05) is 12.3 Å². The number of hydrogen-bond donors (Lipinski definition) is 3. The molecule has 0 unspecified atom stereocenters. The number of hydrogen-bond acceptors (Lipinski definition) is 7. The third-order valence-electron chi connectivity index (χ3n) is 4.22. The number of benzene rings is 1. The molecule has 0 bridgehead atoms. The first-order valence-corrected chi connectivity index (χ1v) is 8.01. The van der Waals surface area contributed by atoms with E-state index in [9.17, 15) is 19.5 Å². The fraction of sp³-hybridized carbons (Fsp3) is 0.353. The number of aryl methyl sites for hydroxylation is 1. The minimum Gasteiger partial charge on any atom is -0.459 e. The van der Waals surface area contributed by atoms with Gasteiger partial charge in [0.25, 0.3) is 5.56 Å². The summed E-state index contributed by atoms with van der Waals surface area (Å²) in [5.74, 6) is -0.542. The maximum absolute atomic E-state index is 12.1. The fourth-order valence-corrected chi connectivity index (χ4v) is 2.70. The zero-order valence-electron chi connectivity index (χ0n) is 14.0. The number of nitrogens with one attached hydrogen (secondary N) is 1. The van der Waals surface area contributed by atoms with Gasteiger partial charge in [-0.1, -0.05) is 17.7 Å². The Labute approximate surface area is 148 Å². The van der Waals surface area contributed by atoms with Gasteiger partial charge in [0.15, 0.2) is 6.23 Å². The largest absolute Gasteiger partial charge is 0.459 e. The van der Waals surface area contributed by atoms with Crippen LogP contribution in [0.1, 0.15) is 22.1 Å². The molecule has 1 fully saturated rings. The van der Waals surface area contributed by atoms with Crippen molar-refractivity contribution in [1.82, 2.24) is 9.55 Å². The van der Waals surface area contributed by atoms with Crippen LogP contribution in [0.25, 0.3) is 0 Å². The molecule has 1 saturated heterocycles. The molecule has 0 amide bonds. The Balaban J connectivity index is 1.68. The molecule has 1 aliphatic heterocycles. The van der Waals surface area contributed by atoms with Gasteiger partial charge in [0.1, 0.15) is 18.8 Å². The molecule has 4 atom stereocenters. The number of aliphatic hydroxyl groups is 1. The van der Waals surface area contributed by atoms with E-state index >= 15 is 0 Å². The molecule has 3 rings (SSSR count). The summed E-state index contributed by atoms with van der Waals surface area (Å²) in [7, 11) is 0. The molecule has 9 nitrogen and oxygen atoms in total. The second kappa shape index (κ2) is 7.24. The monoisotopic (exact) mass is 361 g/mol. The molecular weight excluding hydrogens is 342 g/mol. The van der Waals surface area contributed by atoms with E-state index in [0.717, 1.165) is 16.2 Å². The molecule has 2 aromatic rings. The molecule has 26 heavy (non-hydrogen) atoms. The number of rotatable bonds is 4. The van der Waals surface area contributed by atoms with Crippen molar-refractivity contribution in [3.8, 4) is 0 Å². The zero-order chi connectivity index (χ0) is 18.8. The van der Waals surface area contributed by atoms with Gasteiger partial charge in [0.05, 0.1) is 11.6 Å². The molecule has 4 N–H and O–H groups in total. The van der Waals surface area contributed by atoms with Crippen molar-refractivity contribution in [3.63, 3.8) is 0 Å². The van der Waals surface area contributed by atoms with Crippen molar-refractivity contribution < 1.29 is 19.4 Å². The maximum Gasteiger partial charge on any atom is 0.338 e. The number of ether oxygens (including phenoxy) is 2. The third kappa shape index (κ3) is 3.59. The first-order valence-electron chi connectivity index (χ1n) is 8.01. The van der Waals surface area contributed by atoms with Crippen molar-refractivity contribution in [2.24, 2.45) is 5.73 Å². The lowest BCUT2D eigenvalue weighted by molar-refractivity contribution is -0.0573. The van der Waals surface area contributed by atoms with Crippen molar-refractivity contribution in [2.45, 2.75) is 31.4 Å². The van der Waals surface area contributed by atoms with Gasteiger partial charge in [-0.05, 0) is 19.1 Å². The Bertz CT molecular complexity index is 904. The summed E-state index contributed by atoms with van der Waals surface area (Å²) in [5.41, 5.74) is 6.03. The minimum absolute atomic E-state index is 0.181. The molecule has 9 heteroatoms. The highest BCUT2D eigenvalue weighted by Crippen LogP contribution is 2.27. The highest BCUT2D eigenvalue weighted by atomic mass is 16.6. The number of H-pyrrole nitrogens is 1. The summed E-state index contributed by atoms with van der Waals surface area (Å²) in [6.07, 6.45) is -1.88. The molecule has 1 aliphatic rings. The SMILES string of the molecule is Cc1ccc(C(=O)OC[C@H]2O[C@@H](n3ccc(=O)[nH]c3=O)[C@@H](O)[C@@H]2N)cc1. The van der Waals surface area contributed by atoms with Crippen molar-refractivity contribution >= 4 is 5.97 Å². The normalized spacial score (nSPS) is 25.2. The van der Waals surface area contributed by atoms with E-state index in [1.807, 2.05) is 6.92 Å². The van der Waals surface area contributed by atoms with Gasteiger partial charge in [0.2, 0.25) is 0 Å². The van der Waals surface area contributed by atoms with Crippen LogP contribution in [0.15, 0.2) is 46.1 Å². The average Bonchev–Trinajstić information content (AvgIpc) is 2.88. The van der Waals surface area contributed by atoms with Crippen LogP contribution in [0.2, 0.25) is 0 Å². The molecule has 0 saturated carbocycles. The molecule has 2 heterocycles. The average molecular weight is 361 g/mol. The quantitative estimate of drug-likeness (QED) is 0.612. The summed E-state index contributed by atoms with van der Waals surface area (Å²) in [4.78, 5) is 37.1. The van der Waals surface area contributed by atoms with Crippen LogP contribution in [0.5, 0.6) is 0 Å².